The normalized spacial score (nSPS) is 10.2. The molecule has 0 fully saturated rings. The zero-order valence-corrected chi connectivity index (χ0v) is 13.4. The number of anilines is 1. The number of nitrogens with one attached hydrogen (secondary N) is 1. The Morgan fingerprint density at radius 1 is 1.22 bits per heavy atom. The number of ether oxygens (including phenoxy) is 1. The third-order valence-electron chi connectivity index (χ3n) is 3.26. The molecule has 2 rings (SSSR count). The van der Waals surface area contributed by atoms with E-state index in [9.17, 15) is 9.59 Å². The zero-order valence-electron chi connectivity index (χ0n) is 12.6. The molecule has 0 bridgehead atoms. The summed E-state index contributed by atoms with van der Waals surface area (Å²) in [6.45, 7) is 2.03. The Morgan fingerprint density at radius 3 is 2.70 bits per heavy atom. The fraction of sp³-hybridized carbons (Fsp3) is 0.176. The summed E-state index contributed by atoms with van der Waals surface area (Å²) in [5, 5.41) is 3.39. The van der Waals surface area contributed by atoms with E-state index in [2.05, 4.69) is 5.32 Å². The van der Waals surface area contributed by atoms with Crippen molar-refractivity contribution in [2.24, 2.45) is 5.73 Å². The van der Waals surface area contributed by atoms with E-state index in [1.54, 1.807) is 42.5 Å². The van der Waals surface area contributed by atoms with Crippen LogP contribution in [-0.4, -0.2) is 18.4 Å². The summed E-state index contributed by atoms with van der Waals surface area (Å²) in [5.41, 5.74) is 7.06. The summed E-state index contributed by atoms with van der Waals surface area (Å²) < 4.78 is 5.46. The Morgan fingerprint density at radius 2 is 1.96 bits per heavy atom. The van der Waals surface area contributed by atoms with Crippen LogP contribution >= 0.6 is 11.6 Å². The van der Waals surface area contributed by atoms with Gasteiger partial charge in [0.1, 0.15) is 5.75 Å². The zero-order chi connectivity index (χ0) is 16.8. The van der Waals surface area contributed by atoms with E-state index in [4.69, 9.17) is 22.1 Å². The summed E-state index contributed by atoms with van der Waals surface area (Å²) in [5.74, 6) is -0.209. The first-order chi connectivity index (χ1) is 11.0. The lowest BCUT2D eigenvalue weighted by Crippen LogP contribution is -2.16. The molecule has 0 aliphatic rings. The van der Waals surface area contributed by atoms with E-state index >= 15 is 0 Å². The monoisotopic (exact) mass is 332 g/mol. The molecule has 2 aromatic rings. The molecule has 5 nitrogen and oxygen atoms in total. The van der Waals surface area contributed by atoms with Crippen LogP contribution in [0, 0.1) is 6.92 Å². The largest absolute Gasteiger partial charge is 0.493 e. The Kier molecular flexibility index (Phi) is 5.60. The van der Waals surface area contributed by atoms with Crippen molar-refractivity contribution in [3.05, 3.63) is 58.6 Å². The summed E-state index contributed by atoms with van der Waals surface area (Å²) in [4.78, 5) is 23.0. The van der Waals surface area contributed by atoms with Gasteiger partial charge in [-0.25, -0.2) is 0 Å². The van der Waals surface area contributed by atoms with Crippen LogP contribution in [0.4, 0.5) is 5.69 Å². The number of primary amides is 1. The Hall–Kier alpha value is -2.53. The minimum Gasteiger partial charge on any atom is -0.493 e. The molecule has 0 saturated heterocycles. The van der Waals surface area contributed by atoms with E-state index < -0.39 is 5.91 Å². The number of amides is 2. The topological polar surface area (TPSA) is 81.4 Å². The molecule has 3 N–H and O–H groups in total. The lowest BCUT2D eigenvalue weighted by molar-refractivity contribution is -0.116. The lowest BCUT2D eigenvalue weighted by Gasteiger charge is -2.10. The number of carbonyl (C=O) groups excluding carboxylic acids is 2. The highest BCUT2D eigenvalue weighted by Crippen LogP contribution is 2.23. The van der Waals surface area contributed by atoms with Gasteiger partial charge in [-0.2, -0.15) is 0 Å². The van der Waals surface area contributed by atoms with Crippen molar-refractivity contribution in [3.8, 4) is 5.75 Å². The maximum atomic E-state index is 11.9. The van der Waals surface area contributed by atoms with Crippen LogP contribution in [-0.2, 0) is 4.79 Å². The van der Waals surface area contributed by atoms with Gasteiger partial charge < -0.3 is 15.8 Å². The molecule has 0 unspecified atom stereocenters. The fourth-order valence-corrected chi connectivity index (χ4v) is 2.13. The van der Waals surface area contributed by atoms with Gasteiger partial charge in [0.25, 0.3) is 0 Å². The number of benzene rings is 2. The van der Waals surface area contributed by atoms with Gasteiger partial charge >= 0.3 is 0 Å². The summed E-state index contributed by atoms with van der Waals surface area (Å²) in [6.07, 6.45) is 0.173. The third-order valence-corrected chi connectivity index (χ3v) is 3.67. The second-order valence-corrected chi connectivity index (χ2v) is 5.36. The highest BCUT2D eigenvalue weighted by molar-refractivity contribution is 6.31. The quantitative estimate of drug-likeness (QED) is 0.852. The van der Waals surface area contributed by atoms with Gasteiger partial charge in [-0.1, -0.05) is 23.7 Å². The second-order valence-electron chi connectivity index (χ2n) is 4.95. The van der Waals surface area contributed by atoms with Crippen molar-refractivity contribution < 1.29 is 14.3 Å². The van der Waals surface area contributed by atoms with Crippen molar-refractivity contribution in [2.45, 2.75) is 13.3 Å². The number of hydrogen-bond donors (Lipinski definition) is 2. The predicted octanol–water partition coefficient (Wildman–Crippen LogP) is 3.15. The average molecular weight is 333 g/mol. The molecular formula is C17H17ClN2O3. The Balaban J connectivity index is 1.86. The molecule has 0 atom stereocenters. The van der Waals surface area contributed by atoms with E-state index in [1.807, 2.05) is 6.92 Å². The first-order valence-electron chi connectivity index (χ1n) is 7.05. The Bertz CT molecular complexity index is 732. The standard InChI is InChI=1S/C17H17ClN2O3/c1-11-14(18)6-3-7-15(11)20-16(21)8-9-23-13-5-2-4-12(10-13)17(19)22/h2-7,10H,8-9H2,1H3,(H2,19,22)(H,20,21). The van der Waals surface area contributed by atoms with Crippen molar-refractivity contribution in [3.63, 3.8) is 0 Å². The summed E-state index contributed by atoms with van der Waals surface area (Å²) >= 11 is 6.01. The van der Waals surface area contributed by atoms with Gasteiger partial charge in [0.15, 0.2) is 0 Å². The van der Waals surface area contributed by atoms with E-state index in [0.29, 0.717) is 22.0 Å². The Labute approximate surface area is 139 Å². The maximum absolute atomic E-state index is 11.9. The van der Waals surface area contributed by atoms with Crippen molar-refractivity contribution in [1.82, 2.24) is 0 Å². The minimum absolute atomic E-state index is 0.173. The number of nitrogens with two attached hydrogens (primary N) is 1. The number of rotatable bonds is 6. The number of halogens is 1. The third kappa shape index (κ3) is 4.72. The van der Waals surface area contributed by atoms with Crippen molar-refractivity contribution in [2.75, 3.05) is 11.9 Å². The predicted molar refractivity (Wildman–Crippen MR) is 89.9 cm³/mol. The smallest absolute Gasteiger partial charge is 0.248 e. The molecule has 0 radical (unpaired) electrons. The molecule has 2 aromatic carbocycles. The summed E-state index contributed by atoms with van der Waals surface area (Å²) in [6, 6.07) is 11.8. The molecule has 0 heterocycles. The van der Waals surface area contributed by atoms with Crippen molar-refractivity contribution >= 4 is 29.1 Å². The number of hydrogen-bond acceptors (Lipinski definition) is 3. The van der Waals surface area contributed by atoms with Crippen LogP contribution < -0.4 is 15.8 Å². The second kappa shape index (κ2) is 7.65. The molecule has 0 saturated carbocycles. The van der Waals surface area contributed by atoms with Gasteiger partial charge in [0.2, 0.25) is 11.8 Å². The first kappa shape index (κ1) is 16.8. The lowest BCUT2D eigenvalue weighted by atomic mass is 10.2. The van der Waals surface area contributed by atoms with E-state index in [1.165, 1.54) is 0 Å². The van der Waals surface area contributed by atoms with Crippen LogP contribution in [0.15, 0.2) is 42.5 Å². The molecule has 0 aliphatic heterocycles. The van der Waals surface area contributed by atoms with Crippen LogP contribution in [0.1, 0.15) is 22.3 Å². The van der Waals surface area contributed by atoms with Crippen LogP contribution in [0.3, 0.4) is 0 Å². The van der Waals surface area contributed by atoms with Gasteiger partial charge in [-0.3, -0.25) is 9.59 Å². The van der Waals surface area contributed by atoms with Crippen LogP contribution in [0.5, 0.6) is 5.75 Å². The van der Waals surface area contributed by atoms with Crippen molar-refractivity contribution in [1.29, 1.82) is 0 Å². The first-order valence-corrected chi connectivity index (χ1v) is 7.43. The maximum Gasteiger partial charge on any atom is 0.248 e. The molecule has 0 aliphatic carbocycles. The minimum atomic E-state index is -0.523. The summed E-state index contributed by atoms with van der Waals surface area (Å²) in [7, 11) is 0. The highest BCUT2D eigenvalue weighted by atomic mass is 35.5. The van der Waals surface area contributed by atoms with Gasteiger partial charge in [-0.05, 0) is 42.8 Å². The number of carbonyl (C=O) groups is 2. The SMILES string of the molecule is Cc1c(Cl)cccc1NC(=O)CCOc1cccc(C(N)=O)c1. The van der Waals surface area contributed by atoms with Gasteiger partial charge in [0.05, 0.1) is 13.0 Å². The highest BCUT2D eigenvalue weighted by Gasteiger charge is 2.07. The van der Waals surface area contributed by atoms with Crippen LogP contribution in [0.2, 0.25) is 5.02 Å². The van der Waals surface area contributed by atoms with Gasteiger partial charge in [0, 0.05) is 16.3 Å². The molecule has 0 aromatic heterocycles. The van der Waals surface area contributed by atoms with E-state index in [0.717, 1.165) is 5.56 Å². The molecule has 23 heavy (non-hydrogen) atoms. The molecular weight excluding hydrogens is 316 g/mol. The molecule has 0 spiro atoms. The van der Waals surface area contributed by atoms with Gasteiger partial charge in [-0.15, -0.1) is 0 Å². The van der Waals surface area contributed by atoms with E-state index in [-0.39, 0.29) is 18.9 Å². The van der Waals surface area contributed by atoms with Crippen LogP contribution in [0.25, 0.3) is 0 Å². The molecule has 120 valence electrons. The molecule has 2 amide bonds. The molecule has 6 heteroatoms. The average Bonchev–Trinajstić information content (AvgIpc) is 2.52. The fourth-order valence-electron chi connectivity index (χ4n) is 1.96.